The van der Waals surface area contributed by atoms with E-state index in [1.54, 1.807) is 11.8 Å². The van der Waals surface area contributed by atoms with Crippen molar-refractivity contribution in [2.75, 3.05) is 25.1 Å². The first kappa shape index (κ1) is 12.3. The molecule has 88 valence electrons. The first-order chi connectivity index (χ1) is 7.54. The van der Waals surface area contributed by atoms with Crippen molar-refractivity contribution in [1.82, 2.24) is 4.98 Å². The van der Waals surface area contributed by atoms with Crippen molar-refractivity contribution in [3.05, 3.63) is 24.1 Å². The van der Waals surface area contributed by atoms with Gasteiger partial charge < -0.3 is 14.1 Å². The number of aromatic nitrogens is 1. The van der Waals surface area contributed by atoms with Gasteiger partial charge in [0.05, 0.1) is 6.61 Å². The number of carbonyl (C=O) groups excluding carboxylic acids is 1. The number of rotatable bonds is 5. The van der Waals surface area contributed by atoms with Crippen LogP contribution < -0.4 is 4.90 Å². The summed E-state index contributed by atoms with van der Waals surface area (Å²) in [5.74, 6) is -0.471. The van der Waals surface area contributed by atoms with Crippen LogP contribution in [0.4, 0.5) is 6.01 Å². The smallest absolute Gasteiger partial charge is 0.360 e. The first-order valence-corrected chi connectivity index (χ1v) is 5.02. The van der Waals surface area contributed by atoms with E-state index in [-0.39, 0.29) is 5.69 Å². The maximum absolute atomic E-state index is 11.3. The molecule has 0 radical (unpaired) electrons. The van der Waals surface area contributed by atoms with Gasteiger partial charge in [0.1, 0.15) is 6.26 Å². The summed E-state index contributed by atoms with van der Waals surface area (Å²) in [6.07, 6.45) is 1.29. The zero-order chi connectivity index (χ0) is 12.1. The van der Waals surface area contributed by atoms with Crippen LogP contribution >= 0.6 is 0 Å². The molecule has 0 atom stereocenters. The van der Waals surface area contributed by atoms with Crippen LogP contribution in [0.15, 0.2) is 22.8 Å². The Morgan fingerprint density at radius 1 is 1.69 bits per heavy atom. The molecule has 0 N–H and O–H groups in total. The number of esters is 1. The van der Waals surface area contributed by atoms with Gasteiger partial charge >= 0.3 is 5.97 Å². The third-order valence-corrected chi connectivity index (χ3v) is 1.81. The van der Waals surface area contributed by atoms with Gasteiger partial charge in [0, 0.05) is 13.6 Å². The van der Waals surface area contributed by atoms with Crippen LogP contribution in [0, 0.1) is 0 Å². The summed E-state index contributed by atoms with van der Waals surface area (Å²) < 4.78 is 9.97. The SMILES string of the molecule is C=C(C)CN(C)c1nc(C(=O)OCC)co1. The van der Waals surface area contributed by atoms with Gasteiger partial charge in [-0.1, -0.05) is 12.2 Å². The van der Waals surface area contributed by atoms with E-state index in [2.05, 4.69) is 11.6 Å². The minimum atomic E-state index is -0.471. The number of hydrogen-bond acceptors (Lipinski definition) is 5. The van der Waals surface area contributed by atoms with Crippen LogP contribution in [0.25, 0.3) is 0 Å². The molecular formula is C11H16N2O3. The van der Waals surface area contributed by atoms with Crippen molar-refractivity contribution in [2.45, 2.75) is 13.8 Å². The minimum Gasteiger partial charge on any atom is -0.461 e. The first-order valence-electron chi connectivity index (χ1n) is 5.02. The van der Waals surface area contributed by atoms with Gasteiger partial charge in [-0.25, -0.2) is 4.79 Å². The number of anilines is 1. The van der Waals surface area contributed by atoms with E-state index in [1.165, 1.54) is 6.26 Å². The summed E-state index contributed by atoms with van der Waals surface area (Å²) in [5.41, 5.74) is 1.17. The molecule has 0 bridgehead atoms. The second kappa shape index (κ2) is 5.34. The maximum Gasteiger partial charge on any atom is 0.360 e. The Bertz CT molecular complexity index is 384. The minimum absolute atomic E-state index is 0.186. The summed E-state index contributed by atoms with van der Waals surface area (Å²) in [7, 11) is 1.81. The standard InChI is InChI=1S/C11H16N2O3/c1-5-15-10(14)9-7-16-11(12-9)13(4)6-8(2)3/h7H,2,5-6H2,1,3-4H3. The van der Waals surface area contributed by atoms with Crippen LogP contribution in [0.3, 0.4) is 0 Å². The Morgan fingerprint density at radius 2 is 2.38 bits per heavy atom. The van der Waals surface area contributed by atoms with Gasteiger partial charge in [0.25, 0.3) is 6.01 Å². The predicted molar refractivity (Wildman–Crippen MR) is 60.5 cm³/mol. The number of hydrogen-bond donors (Lipinski definition) is 0. The van der Waals surface area contributed by atoms with Crippen molar-refractivity contribution >= 4 is 12.0 Å². The van der Waals surface area contributed by atoms with Crippen LogP contribution in [-0.4, -0.2) is 31.2 Å². The van der Waals surface area contributed by atoms with Crippen molar-refractivity contribution in [2.24, 2.45) is 0 Å². The third kappa shape index (κ3) is 3.12. The molecule has 0 aliphatic heterocycles. The second-order valence-electron chi connectivity index (χ2n) is 3.55. The lowest BCUT2D eigenvalue weighted by atomic mass is 10.3. The lowest BCUT2D eigenvalue weighted by Crippen LogP contribution is -2.19. The van der Waals surface area contributed by atoms with Crippen molar-refractivity contribution in [1.29, 1.82) is 0 Å². The Hall–Kier alpha value is -1.78. The number of likely N-dealkylation sites (N-methyl/N-ethyl adjacent to an activating group) is 1. The Morgan fingerprint density at radius 3 is 2.94 bits per heavy atom. The molecule has 5 nitrogen and oxygen atoms in total. The van der Waals surface area contributed by atoms with Gasteiger partial charge in [0.2, 0.25) is 0 Å². The quantitative estimate of drug-likeness (QED) is 0.564. The van der Waals surface area contributed by atoms with Gasteiger partial charge in [0.15, 0.2) is 5.69 Å². The number of ether oxygens (including phenoxy) is 1. The van der Waals surface area contributed by atoms with Gasteiger partial charge in [-0.05, 0) is 13.8 Å². The maximum atomic E-state index is 11.3. The zero-order valence-corrected chi connectivity index (χ0v) is 9.82. The molecule has 1 aromatic rings. The molecule has 1 rings (SSSR count). The number of oxazole rings is 1. The fraction of sp³-hybridized carbons (Fsp3) is 0.455. The average molecular weight is 224 g/mol. The molecule has 0 aliphatic carbocycles. The van der Waals surface area contributed by atoms with E-state index in [4.69, 9.17) is 9.15 Å². The highest BCUT2D eigenvalue weighted by atomic mass is 16.5. The Labute approximate surface area is 94.7 Å². The van der Waals surface area contributed by atoms with Gasteiger partial charge in [-0.3, -0.25) is 0 Å². The monoisotopic (exact) mass is 224 g/mol. The Kier molecular flexibility index (Phi) is 4.10. The lowest BCUT2D eigenvalue weighted by Gasteiger charge is -2.13. The van der Waals surface area contributed by atoms with Crippen LogP contribution in [0.5, 0.6) is 0 Å². The lowest BCUT2D eigenvalue weighted by molar-refractivity contribution is 0.0519. The second-order valence-corrected chi connectivity index (χ2v) is 3.55. The van der Waals surface area contributed by atoms with E-state index < -0.39 is 5.97 Å². The highest BCUT2D eigenvalue weighted by molar-refractivity contribution is 5.87. The molecule has 0 spiro atoms. The third-order valence-electron chi connectivity index (χ3n) is 1.81. The molecule has 0 saturated heterocycles. The molecule has 1 heterocycles. The highest BCUT2D eigenvalue weighted by Gasteiger charge is 2.15. The molecular weight excluding hydrogens is 208 g/mol. The van der Waals surface area contributed by atoms with Gasteiger partial charge in [-0.15, -0.1) is 0 Å². The summed E-state index contributed by atoms with van der Waals surface area (Å²) in [5, 5.41) is 0. The molecule has 5 heteroatoms. The Balaban J connectivity index is 2.70. The van der Waals surface area contributed by atoms with Crippen LogP contribution in [0.2, 0.25) is 0 Å². The van der Waals surface area contributed by atoms with Crippen LogP contribution in [-0.2, 0) is 4.74 Å². The van der Waals surface area contributed by atoms with Crippen molar-refractivity contribution in [3.63, 3.8) is 0 Å². The molecule has 0 aromatic carbocycles. The van der Waals surface area contributed by atoms with E-state index in [0.717, 1.165) is 5.57 Å². The fourth-order valence-electron chi connectivity index (χ4n) is 1.21. The predicted octanol–water partition coefficient (Wildman–Crippen LogP) is 1.86. The average Bonchev–Trinajstić information content (AvgIpc) is 2.65. The summed E-state index contributed by atoms with van der Waals surface area (Å²) in [6, 6.07) is 0.381. The number of nitrogens with zero attached hydrogens (tertiary/aromatic N) is 2. The molecule has 0 amide bonds. The molecule has 0 unspecified atom stereocenters. The van der Waals surface area contributed by atoms with Crippen molar-refractivity contribution < 1.29 is 13.9 Å². The van der Waals surface area contributed by atoms with E-state index in [0.29, 0.717) is 19.2 Å². The van der Waals surface area contributed by atoms with E-state index in [9.17, 15) is 4.79 Å². The molecule has 0 fully saturated rings. The fourth-order valence-corrected chi connectivity index (χ4v) is 1.21. The number of carbonyl (C=O) groups is 1. The molecule has 0 saturated carbocycles. The highest BCUT2D eigenvalue weighted by Crippen LogP contribution is 2.13. The molecule has 16 heavy (non-hydrogen) atoms. The largest absolute Gasteiger partial charge is 0.461 e. The normalized spacial score (nSPS) is 9.94. The zero-order valence-electron chi connectivity index (χ0n) is 9.82. The van der Waals surface area contributed by atoms with Crippen LogP contribution in [0.1, 0.15) is 24.3 Å². The van der Waals surface area contributed by atoms with Gasteiger partial charge in [-0.2, -0.15) is 4.98 Å². The summed E-state index contributed by atoms with van der Waals surface area (Å²) in [6.45, 7) is 8.39. The van der Waals surface area contributed by atoms with E-state index in [1.807, 2.05) is 14.0 Å². The van der Waals surface area contributed by atoms with E-state index >= 15 is 0 Å². The van der Waals surface area contributed by atoms with Crippen molar-refractivity contribution in [3.8, 4) is 0 Å². The topological polar surface area (TPSA) is 55.6 Å². The summed E-state index contributed by atoms with van der Waals surface area (Å²) >= 11 is 0. The summed E-state index contributed by atoms with van der Waals surface area (Å²) in [4.78, 5) is 17.1. The molecule has 1 aromatic heterocycles. The molecule has 0 aliphatic rings.